The fourth-order valence-electron chi connectivity index (χ4n) is 1.63. The molecule has 0 aliphatic heterocycles. The van der Waals surface area contributed by atoms with Crippen molar-refractivity contribution in [1.82, 2.24) is 0 Å². The first-order valence-electron chi connectivity index (χ1n) is 4.95. The molecule has 3 heteroatoms. The predicted molar refractivity (Wildman–Crippen MR) is 56.2 cm³/mol. The van der Waals surface area contributed by atoms with E-state index in [4.69, 9.17) is 5.11 Å². The van der Waals surface area contributed by atoms with Gasteiger partial charge in [0.25, 0.3) is 5.92 Å². The summed E-state index contributed by atoms with van der Waals surface area (Å²) in [7, 11) is 0. The van der Waals surface area contributed by atoms with E-state index < -0.39 is 19.0 Å². The summed E-state index contributed by atoms with van der Waals surface area (Å²) in [5, 5.41) is 8.60. The number of halogens is 2. The molecule has 0 atom stereocenters. The number of aliphatic hydroxyl groups is 1. The molecule has 0 radical (unpaired) electrons. The maximum atomic E-state index is 13.6. The summed E-state index contributed by atoms with van der Waals surface area (Å²) in [6.45, 7) is 4.88. The second-order valence-corrected chi connectivity index (χ2v) is 3.93. The molecule has 0 spiro atoms. The van der Waals surface area contributed by atoms with Crippen LogP contribution in [0, 0.1) is 20.8 Å². The lowest BCUT2D eigenvalue weighted by atomic mass is 9.95. The van der Waals surface area contributed by atoms with Crippen LogP contribution in [0.25, 0.3) is 0 Å². The molecule has 0 heterocycles. The smallest absolute Gasteiger partial charge is 0.275 e. The minimum absolute atomic E-state index is 0.0275. The summed E-state index contributed by atoms with van der Waals surface area (Å²) in [4.78, 5) is 0. The number of aryl methyl sites for hydroxylation is 3. The van der Waals surface area contributed by atoms with Crippen molar-refractivity contribution in [1.29, 1.82) is 0 Å². The van der Waals surface area contributed by atoms with Gasteiger partial charge in [0.05, 0.1) is 0 Å². The average molecular weight is 214 g/mol. The molecule has 0 aromatic heterocycles. The third-order valence-corrected chi connectivity index (χ3v) is 2.66. The zero-order valence-electron chi connectivity index (χ0n) is 9.27. The Morgan fingerprint density at radius 1 is 1.07 bits per heavy atom. The average Bonchev–Trinajstić information content (AvgIpc) is 2.11. The van der Waals surface area contributed by atoms with E-state index in [0.29, 0.717) is 5.56 Å². The van der Waals surface area contributed by atoms with Gasteiger partial charge in [-0.1, -0.05) is 6.07 Å². The first kappa shape index (κ1) is 12.1. The van der Waals surface area contributed by atoms with Crippen LogP contribution in [0.1, 0.15) is 28.7 Å². The predicted octanol–water partition coefficient (Wildman–Crippen LogP) is 3.09. The Morgan fingerprint density at radius 3 is 2.13 bits per heavy atom. The monoisotopic (exact) mass is 214 g/mol. The van der Waals surface area contributed by atoms with Crippen LogP contribution in [0.4, 0.5) is 8.78 Å². The molecule has 1 aromatic carbocycles. The molecule has 0 bridgehead atoms. The number of hydrogen-bond donors (Lipinski definition) is 1. The molecule has 0 aliphatic carbocycles. The van der Waals surface area contributed by atoms with Crippen molar-refractivity contribution in [2.45, 2.75) is 33.1 Å². The lowest BCUT2D eigenvalue weighted by molar-refractivity contribution is -0.0275. The third kappa shape index (κ3) is 2.53. The minimum atomic E-state index is -2.93. The Bertz CT molecular complexity index is 359. The quantitative estimate of drug-likeness (QED) is 0.819. The highest BCUT2D eigenvalue weighted by atomic mass is 19.3. The minimum Gasteiger partial charge on any atom is -0.396 e. The lowest BCUT2D eigenvalue weighted by Gasteiger charge is -2.19. The van der Waals surface area contributed by atoms with Gasteiger partial charge in [-0.3, -0.25) is 0 Å². The molecule has 1 N–H and O–H groups in total. The van der Waals surface area contributed by atoms with Crippen molar-refractivity contribution in [2.75, 3.05) is 6.61 Å². The molecular weight excluding hydrogens is 198 g/mol. The van der Waals surface area contributed by atoms with E-state index >= 15 is 0 Å². The van der Waals surface area contributed by atoms with Crippen LogP contribution in [0.2, 0.25) is 0 Å². The van der Waals surface area contributed by atoms with E-state index in [2.05, 4.69) is 0 Å². The van der Waals surface area contributed by atoms with Crippen molar-refractivity contribution < 1.29 is 13.9 Å². The molecule has 0 saturated heterocycles. The number of hydrogen-bond acceptors (Lipinski definition) is 1. The maximum Gasteiger partial charge on any atom is 0.275 e. The summed E-state index contributed by atoms with van der Waals surface area (Å²) in [6.07, 6.45) is -0.518. The third-order valence-electron chi connectivity index (χ3n) is 2.66. The Kier molecular flexibility index (Phi) is 3.45. The summed E-state index contributed by atoms with van der Waals surface area (Å²) in [5.74, 6) is -2.93. The summed E-state index contributed by atoms with van der Waals surface area (Å²) < 4.78 is 27.1. The van der Waals surface area contributed by atoms with Gasteiger partial charge >= 0.3 is 0 Å². The first-order chi connectivity index (χ1) is 6.88. The zero-order valence-corrected chi connectivity index (χ0v) is 9.27. The van der Waals surface area contributed by atoms with Crippen LogP contribution >= 0.6 is 0 Å². The molecule has 1 nitrogen and oxygen atoms in total. The largest absolute Gasteiger partial charge is 0.396 e. The van der Waals surface area contributed by atoms with Gasteiger partial charge in [-0.05, 0) is 43.5 Å². The number of alkyl halides is 2. The molecule has 1 aromatic rings. The molecule has 1 rings (SSSR count). The van der Waals surface area contributed by atoms with Gasteiger partial charge in [0.15, 0.2) is 0 Å². The van der Waals surface area contributed by atoms with E-state index in [1.165, 1.54) is 6.07 Å². The molecule has 0 unspecified atom stereocenters. The van der Waals surface area contributed by atoms with Crippen molar-refractivity contribution in [3.05, 3.63) is 34.4 Å². The van der Waals surface area contributed by atoms with Crippen molar-refractivity contribution in [3.8, 4) is 0 Å². The molecule has 0 amide bonds. The van der Waals surface area contributed by atoms with Crippen LogP contribution in [-0.4, -0.2) is 11.7 Å². The number of rotatable bonds is 3. The van der Waals surface area contributed by atoms with Crippen LogP contribution in [-0.2, 0) is 5.92 Å². The normalized spacial score (nSPS) is 11.9. The highest BCUT2D eigenvalue weighted by molar-refractivity contribution is 5.38. The topological polar surface area (TPSA) is 20.2 Å². The first-order valence-corrected chi connectivity index (χ1v) is 4.95. The summed E-state index contributed by atoms with van der Waals surface area (Å²) in [6, 6.07) is 3.27. The van der Waals surface area contributed by atoms with Gasteiger partial charge in [0.2, 0.25) is 0 Å². The van der Waals surface area contributed by atoms with Gasteiger partial charge in [-0.15, -0.1) is 0 Å². The Labute approximate surface area is 88.7 Å². The standard InChI is InChI=1S/C12H16F2O/c1-8-6-10(3)11(7-9(8)2)12(13,14)4-5-15/h6-7,15H,4-5H2,1-3H3. The molecule has 84 valence electrons. The van der Waals surface area contributed by atoms with E-state index in [9.17, 15) is 8.78 Å². The van der Waals surface area contributed by atoms with E-state index in [-0.39, 0.29) is 5.56 Å². The zero-order chi connectivity index (χ0) is 11.6. The Balaban J connectivity index is 3.19. The fourth-order valence-corrected chi connectivity index (χ4v) is 1.63. The van der Waals surface area contributed by atoms with Gasteiger partial charge in [-0.2, -0.15) is 0 Å². The lowest BCUT2D eigenvalue weighted by Crippen LogP contribution is -2.17. The molecular formula is C12H16F2O. The maximum absolute atomic E-state index is 13.6. The molecule has 0 fully saturated rings. The molecule has 0 aliphatic rings. The van der Waals surface area contributed by atoms with Crippen molar-refractivity contribution in [2.24, 2.45) is 0 Å². The SMILES string of the molecule is Cc1cc(C)c(C(F)(F)CCO)cc1C. The second kappa shape index (κ2) is 4.27. The van der Waals surface area contributed by atoms with Gasteiger partial charge in [-0.25, -0.2) is 8.78 Å². The Morgan fingerprint density at radius 2 is 1.60 bits per heavy atom. The van der Waals surface area contributed by atoms with E-state index in [1.807, 2.05) is 13.8 Å². The second-order valence-electron chi connectivity index (χ2n) is 3.93. The van der Waals surface area contributed by atoms with Gasteiger partial charge < -0.3 is 5.11 Å². The molecule has 0 saturated carbocycles. The van der Waals surface area contributed by atoms with Crippen LogP contribution in [0.3, 0.4) is 0 Å². The van der Waals surface area contributed by atoms with E-state index in [0.717, 1.165) is 11.1 Å². The van der Waals surface area contributed by atoms with E-state index in [1.54, 1.807) is 13.0 Å². The van der Waals surface area contributed by atoms with Crippen LogP contribution in [0.15, 0.2) is 12.1 Å². The van der Waals surface area contributed by atoms with Crippen LogP contribution < -0.4 is 0 Å². The highest BCUT2D eigenvalue weighted by Crippen LogP contribution is 2.34. The molecule has 15 heavy (non-hydrogen) atoms. The van der Waals surface area contributed by atoms with Crippen molar-refractivity contribution >= 4 is 0 Å². The van der Waals surface area contributed by atoms with Gasteiger partial charge in [0.1, 0.15) is 0 Å². The van der Waals surface area contributed by atoms with Gasteiger partial charge in [0, 0.05) is 18.6 Å². The number of benzene rings is 1. The highest BCUT2D eigenvalue weighted by Gasteiger charge is 2.32. The summed E-state index contributed by atoms with van der Waals surface area (Å²) in [5.41, 5.74) is 2.47. The Hall–Kier alpha value is -0.960. The van der Waals surface area contributed by atoms with Crippen molar-refractivity contribution in [3.63, 3.8) is 0 Å². The number of aliphatic hydroxyl groups excluding tert-OH is 1. The van der Waals surface area contributed by atoms with Crippen LogP contribution in [0.5, 0.6) is 0 Å². The summed E-state index contributed by atoms with van der Waals surface area (Å²) >= 11 is 0. The fraction of sp³-hybridized carbons (Fsp3) is 0.500.